The molecule has 0 radical (unpaired) electrons. The van der Waals surface area contributed by atoms with Crippen molar-refractivity contribution in [3.8, 4) is 17.5 Å². The van der Waals surface area contributed by atoms with E-state index < -0.39 is 6.04 Å². The highest BCUT2D eigenvalue weighted by molar-refractivity contribution is 5.99. The van der Waals surface area contributed by atoms with Gasteiger partial charge in [-0.3, -0.25) is 18.8 Å². The van der Waals surface area contributed by atoms with Crippen LogP contribution in [0.2, 0.25) is 0 Å². The van der Waals surface area contributed by atoms with Gasteiger partial charge in [0.25, 0.3) is 11.5 Å². The van der Waals surface area contributed by atoms with E-state index >= 15 is 0 Å². The number of anilines is 1. The predicted octanol–water partition coefficient (Wildman–Crippen LogP) is 3.68. The molecule has 0 fully saturated rings. The number of aryl methyl sites for hydroxylation is 1. The van der Waals surface area contributed by atoms with Gasteiger partial charge in [-0.2, -0.15) is 14.9 Å². The number of hydrogen-bond acceptors (Lipinski definition) is 6. The summed E-state index contributed by atoms with van der Waals surface area (Å²) in [4.78, 5) is 27.6. The van der Waals surface area contributed by atoms with Crippen molar-refractivity contribution < 1.29 is 9.53 Å². The number of methoxy groups -OCH3 is 1. The molecule has 1 unspecified atom stereocenters. The van der Waals surface area contributed by atoms with Crippen LogP contribution in [-0.4, -0.2) is 43.7 Å². The normalized spacial score (nSPS) is 12.9. The lowest BCUT2D eigenvalue weighted by Gasteiger charge is -2.22. The van der Waals surface area contributed by atoms with Crippen molar-refractivity contribution in [1.29, 1.82) is 0 Å². The van der Waals surface area contributed by atoms with Crippen molar-refractivity contribution in [2.75, 3.05) is 19.0 Å². The summed E-state index contributed by atoms with van der Waals surface area (Å²) in [6.07, 6.45) is 6.85. The maximum Gasteiger partial charge on any atom is 0.264 e. The largest absolute Gasteiger partial charge is 0.481 e. The SMILES string of the molecule is COC1=CCNc2c(C(=O)NC(C)c3cc4cccc(C#Cc5cnn(C)c5)c4c(=O)n3-c3ccccc3)cnn21. The number of ether oxygens (including phenoxy) is 1. The minimum Gasteiger partial charge on any atom is -0.481 e. The molecule has 1 amide bonds. The molecule has 1 aliphatic rings. The van der Waals surface area contributed by atoms with E-state index in [4.69, 9.17) is 4.74 Å². The first-order valence-electron chi connectivity index (χ1n) is 13.1. The molecule has 0 bridgehead atoms. The van der Waals surface area contributed by atoms with Crippen molar-refractivity contribution in [2.45, 2.75) is 13.0 Å². The highest BCUT2D eigenvalue weighted by Gasteiger charge is 2.25. The molecule has 0 saturated carbocycles. The lowest BCUT2D eigenvalue weighted by molar-refractivity contribution is 0.0939. The van der Waals surface area contributed by atoms with Crippen LogP contribution < -0.4 is 16.2 Å². The highest BCUT2D eigenvalue weighted by atomic mass is 16.5. The first-order chi connectivity index (χ1) is 19.9. The summed E-state index contributed by atoms with van der Waals surface area (Å²) >= 11 is 0. The number of nitrogens with one attached hydrogen (secondary N) is 2. The molecule has 2 aromatic carbocycles. The molecule has 204 valence electrons. The van der Waals surface area contributed by atoms with Gasteiger partial charge in [-0.1, -0.05) is 42.2 Å². The maximum atomic E-state index is 14.2. The van der Waals surface area contributed by atoms with Crippen LogP contribution in [0, 0.1) is 11.8 Å². The summed E-state index contributed by atoms with van der Waals surface area (Å²) in [6.45, 7) is 2.36. The van der Waals surface area contributed by atoms with Crippen LogP contribution in [0.5, 0.6) is 0 Å². The number of rotatable bonds is 5. The number of carbonyl (C=O) groups excluding carboxylic acids is 1. The second-order valence-corrected chi connectivity index (χ2v) is 9.61. The minimum absolute atomic E-state index is 0.222. The van der Waals surface area contributed by atoms with E-state index in [-0.39, 0.29) is 11.5 Å². The summed E-state index contributed by atoms with van der Waals surface area (Å²) in [5, 5.41) is 15.9. The lowest BCUT2D eigenvalue weighted by atomic mass is 10.0. The van der Waals surface area contributed by atoms with Gasteiger partial charge in [-0.25, -0.2) is 0 Å². The first kappa shape index (κ1) is 25.7. The van der Waals surface area contributed by atoms with Crippen molar-refractivity contribution in [3.05, 3.63) is 112 Å². The van der Waals surface area contributed by atoms with Crippen LogP contribution in [0.15, 0.2) is 84.1 Å². The summed E-state index contributed by atoms with van der Waals surface area (Å²) in [5.74, 6) is 7.02. The molecule has 2 N–H and O–H groups in total. The van der Waals surface area contributed by atoms with E-state index in [9.17, 15) is 9.59 Å². The molecule has 0 aliphatic carbocycles. The number of amides is 1. The Morgan fingerprint density at radius 1 is 1.10 bits per heavy atom. The predicted molar refractivity (Wildman–Crippen MR) is 157 cm³/mol. The molecule has 4 heterocycles. The number of fused-ring (bicyclic) bond motifs is 2. The average Bonchev–Trinajstić information content (AvgIpc) is 3.62. The highest BCUT2D eigenvalue weighted by Crippen LogP contribution is 2.26. The zero-order chi connectivity index (χ0) is 28.5. The molecule has 10 nitrogen and oxygen atoms in total. The van der Waals surface area contributed by atoms with E-state index in [1.165, 1.54) is 6.20 Å². The smallest absolute Gasteiger partial charge is 0.264 e. The molecular weight excluding hydrogens is 518 g/mol. The van der Waals surface area contributed by atoms with Crippen LogP contribution >= 0.6 is 0 Å². The lowest BCUT2D eigenvalue weighted by Crippen LogP contribution is -2.32. The maximum absolute atomic E-state index is 14.2. The van der Waals surface area contributed by atoms with Crippen molar-refractivity contribution in [2.24, 2.45) is 7.05 Å². The molecule has 0 saturated heterocycles. The third-order valence-corrected chi connectivity index (χ3v) is 6.91. The van der Waals surface area contributed by atoms with Crippen LogP contribution in [0.1, 0.15) is 40.1 Å². The van der Waals surface area contributed by atoms with Crippen molar-refractivity contribution in [1.82, 2.24) is 29.4 Å². The van der Waals surface area contributed by atoms with E-state index in [0.717, 1.165) is 10.9 Å². The molecule has 0 spiro atoms. The number of pyridine rings is 1. The van der Waals surface area contributed by atoms with Crippen LogP contribution in [-0.2, 0) is 11.8 Å². The van der Waals surface area contributed by atoms with Gasteiger partial charge in [0, 0.05) is 36.7 Å². The van der Waals surface area contributed by atoms with E-state index in [1.54, 1.807) is 27.2 Å². The fourth-order valence-corrected chi connectivity index (χ4v) is 4.96. The molecule has 41 heavy (non-hydrogen) atoms. The first-order valence-corrected chi connectivity index (χ1v) is 13.1. The van der Waals surface area contributed by atoms with Crippen LogP contribution in [0.4, 0.5) is 5.82 Å². The minimum atomic E-state index is -0.526. The molecule has 5 aromatic rings. The van der Waals surface area contributed by atoms with Crippen molar-refractivity contribution in [3.63, 3.8) is 0 Å². The quantitative estimate of drug-likeness (QED) is 0.326. The van der Waals surface area contributed by atoms with Gasteiger partial charge in [0.2, 0.25) is 5.88 Å². The molecule has 10 heteroatoms. The van der Waals surface area contributed by atoms with Gasteiger partial charge in [-0.05, 0) is 42.7 Å². The summed E-state index contributed by atoms with van der Waals surface area (Å²) < 4.78 is 10.2. The molecular formula is C31H27N7O3. The molecule has 1 aliphatic heterocycles. The van der Waals surface area contributed by atoms with E-state index in [0.29, 0.717) is 46.1 Å². The Kier molecular flexibility index (Phi) is 6.61. The van der Waals surface area contributed by atoms with Gasteiger partial charge in [0.1, 0.15) is 11.4 Å². The fraction of sp³-hybridized carbons (Fsp3) is 0.161. The molecule has 1 atom stereocenters. The fourth-order valence-electron chi connectivity index (χ4n) is 4.96. The van der Waals surface area contributed by atoms with Crippen LogP contribution in [0.3, 0.4) is 0 Å². The zero-order valence-corrected chi connectivity index (χ0v) is 22.8. The van der Waals surface area contributed by atoms with Gasteiger partial charge in [0.05, 0.1) is 36.5 Å². The number of aromatic nitrogens is 5. The van der Waals surface area contributed by atoms with E-state index in [2.05, 4.69) is 32.7 Å². The Hall–Kier alpha value is -5.56. The zero-order valence-electron chi connectivity index (χ0n) is 22.8. The van der Waals surface area contributed by atoms with Crippen LogP contribution in [0.25, 0.3) is 22.3 Å². The average molecular weight is 546 g/mol. The molecule has 3 aromatic heterocycles. The molecule has 6 rings (SSSR count). The summed E-state index contributed by atoms with van der Waals surface area (Å²) in [5.41, 5.74) is 2.84. The Morgan fingerprint density at radius 3 is 2.68 bits per heavy atom. The van der Waals surface area contributed by atoms with Gasteiger partial charge >= 0.3 is 0 Å². The Bertz CT molecular complexity index is 1940. The number of para-hydroxylation sites is 1. The van der Waals surface area contributed by atoms with Gasteiger partial charge in [0.15, 0.2) is 0 Å². The third kappa shape index (κ3) is 4.74. The van der Waals surface area contributed by atoms with E-state index in [1.807, 2.05) is 80.8 Å². The monoisotopic (exact) mass is 545 g/mol. The number of hydrogen-bond donors (Lipinski definition) is 2. The number of carbonyl (C=O) groups is 1. The van der Waals surface area contributed by atoms with Gasteiger partial charge in [-0.15, -0.1) is 0 Å². The second-order valence-electron chi connectivity index (χ2n) is 9.61. The topological polar surface area (TPSA) is 108 Å². The summed E-state index contributed by atoms with van der Waals surface area (Å²) in [6, 6.07) is 16.4. The van der Waals surface area contributed by atoms with Gasteiger partial charge < -0.3 is 15.4 Å². The number of benzene rings is 2. The second kappa shape index (κ2) is 10.5. The summed E-state index contributed by atoms with van der Waals surface area (Å²) in [7, 11) is 3.39. The third-order valence-electron chi connectivity index (χ3n) is 6.91. The standard InChI is InChI=1S/C31H27N7O3/c1-20(35-30(39)25-18-34-38-27(41-3)14-15-32-29(25)38)26-16-23-9-7-8-22(13-12-21-17-33-36(2)19-21)28(23)31(40)37(26)24-10-5-4-6-11-24/h4-11,14,16-20,32H,15H2,1-3H3,(H,35,39). The number of nitrogens with zero attached hydrogens (tertiary/aromatic N) is 5. The Morgan fingerprint density at radius 2 is 1.93 bits per heavy atom. The Balaban J connectivity index is 1.43. The Labute approximate surface area is 235 Å². The van der Waals surface area contributed by atoms with Crippen molar-refractivity contribution >= 4 is 28.4 Å².